The Hall–Kier alpha value is -2.44. The number of methoxy groups -OCH3 is 1. The van der Waals surface area contributed by atoms with Gasteiger partial charge in [0.1, 0.15) is 0 Å². The van der Waals surface area contributed by atoms with Crippen molar-refractivity contribution in [1.82, 2.24) is 0 Å². The Morgan fingerprint density at radius 1 is 1.53 bits per heavy atom. The van der Waals surface area contributed by atoms with Gasteiger partial charge in [-0.3, -0.25) is 5.41 Å². The van der Waals surface area contributed by atoms with Gasteiger partial charge in [-0.2, -0.15) is 5.26 Å². The molecule has 0 spiro atoms. The molecule has 0 amide bonds. The van der Waals surface area contributed by atoms with Crippen LogP contribution < -0.4 is 4.57 Å². The maximum atomic E-state index is 11.1. The Labute approximate surface area is 86.3 Å². The molecule has 0 bridgehead atoms. The van der Waals surface area contributed by atoms with E-state index in [4.69, 9.17) is 10.7 Å². The van der Waals surface area contributed by atoms with E-state index in [9.17, 15) is 4.79 Å². The number of carbonyl (C=O) groups excluding carboxylic acids is 1. The van der Waals surface area contributed by atoms with Crippen LogP contribution >= 0.6 is 0 Å². The van der Waals surface area contributed by atoms with Crippen LogP contribution in [0.25, 0.3) is 5.70 Å². The summed E-state index contributed by atoms with van der Waals surface area (Å²) in [7, 11) is 1.29. The van der Waals surface area contributed by atoms with Gasteiger partial charge in [-0.1, -0.05) is 0 Å². The van der Waals surface area contributed by atoms with Gasteiger partial charge in [-0.25, -0.2) is 4.79 Å². The molecule has 0 radical (unpaired) electrons. The predicted molar refractivity (Wildman–Crippen MR) is 51.0 cm³/mol. The van der Waals surface area contributed by atoms with E-state index in [0.717, 1.165) is 0 Å². The molecule has 0 aliphatic carbocycles. The quantitative estimate of drug-likeness (QED) is 0.326. The second-order valence-electron chi connectivity index (χ2n) is 2.57. The van der Waals surface area contributed by atoms with E-state index in [1.807, 2.05) is 5.87 Å². The molecule has 74 valence electrons. The number of ether oxygens (including phenoxy) is 1. The minimum Gasteiger partial charge on any atom is -0.465 e. The average Bonchev–Trinajstić information content (AvgIpc) is 2.30. The molecule has 1 N–H and O–H groups in total. The number of nitrogens with one attached hydrogen (secondary N) is 1. The van der Waals surface area contributed by atoms with Crippen molar-refractivity contribution in [3.8, 4) is 6.07 Å². The van der Waals surface area contributed by atoms with Crippen molar-refractivity contribution in [2.75, 3.05) is 7.11 Å². The zero-order valence-corrected chi connectivity index (χ0v) is 8.02. The molecule has 0 aliphatic heterocycles. The molecule has 0 atom stereocenters. The number of carbonyl (C=O) groups is 1. The van der Waals surface area contributed by atoms with E-state index in [0.29, 0.717) is 5.56 Å². The lowest BCUT2D eigenvalue weighted by atomic mass is 10.3. The Morgan fingerprint density at radius 3 is 2.53 bits per heavy atom. The summed E-state index contributed by atoms with van der Waals surface area (Å²) in [6.07, 6.45) is 2.98. The smallest absolute Gasteiger partial charge is 0.351 e. The summed E-state index contributed by atoms with van der Waals surface area (Å²) in [5.41, 5.74) is 0.433. The van der Waals surface area contributed by atoms with Crippen LogP contribution in [-0.2, 0) is 4.74 Å². The topological polar surface area (TPSA) is 77.8 Å². The summed E-state index contributed by atoms with van der Waals surface area (Å²) in [6.45, 7) is 0. The number of aromatic nitrogens is 1. The highest BCUT2D eigenvalue weighted by Crippen LogP contribution is 1.98. The van der Waals surface area contributed by atoms with Gasteiger partial charge in [0.25, 0.3) is 0 Å². The third kappa shape index (κ3) is 2.27. The molecule has 0 saturated heterocycles. The Bertz CT molecular complexity index is 464. The summed E-state index contributed by atoms with van der Waals surface area (Å²) in [5.74, 6) is 1.54. The zero-order chi connectivity index (χ0) is 11.3. The first kappa shape index (κ1) is 10.6. The van der Waals surface area contributed by atoms with E-state index in [1.165, 1.54) is 36.2 Å². The standard InChI is InChI=1S/C10H8N3O2/c1-15-10(14)8-2-4-13(5-3-8)9(6-11)7-12/h2-5,11H,1H3/q+1. The molecule has 0 unspecified atom stereocenters. The summed E-state index contributed by atoms with van der Waals surface area (Å²) in [4.78, 5) is 11.1. The van der Waals surface area contributed by atoms with Crippen molar-refractivity contribution < 1.29 is 14.1 Å². The average molecular weight is 202 g/mol. The largest absolute Gasteiger partial charge is 0.465 e. The van der Waals surface area contributed by atoms with Crippen molar-refractivity contribution in [3.05, 3.63) is 30.1 Å². The van der Waals surface area contributed by atoms with Crippen LogP contribution in [0, 0.1) is 16.7 Å². The normalized spacial score (nSPS) is 8.53. The van der Waals surface area contributed by atoms with Gasteiger partial charge < -0.3 is 4.74 Å². The molecule has 0 aromatic carbocycles. The first-order chi connectivity index (χ1) is 7.22. The van der Waals surface area contributed by atoms with E-state index >= 15 is 0 Å². The molecule has 1 aromatic rings. The molecule has 0 saturated carbocycles. The van der Waals surface area contributed by atoms with Gasteiger partial charge in [0, 0.05) is 12.1 Å². The van der Waals surface area contributed by atoms with Crippen molar-refractivity contribution >= 4 is 17.5 Å². The molecular weight excluding hydrogens is 194 g/mol. The number of hydrogen-bond acceptors (Lipinski definition) is 4. The summed E-state index contributed by atoms with van der Waals surface area (Å²) < 4.78 is 5.90. The van der Waals surface area contributed by atoms with Gasteiger partial charge in [-0.15, -0.1) is 4.57 Å². The van der Waals surface area contributed by atoms with Crippen LogP contribution in [0.3, 0.4) is 0 Å². The molecule has 0 fully saturated rings. The van der Waals surface area contributed by atoms with Crippen LogP contribution in [0.15, 0.2) is 24.5 Å². The Morgan fingerprint density at radius 2 is 2.13 bits per heavy atom. The number of rotatable bonds is 2. The maximum Gasteiger partial charge on any atom is 0.351 e. The Balaban J connectivity index is 3.06. The molecular formula is C10H8N3O2+. The molecule has 1 heterocycles. The summed E-state index contributed by atoms with van der Waals surface area (Å²) in [6, 6.07) is 4.80. The van der Waals surface area contributed by atoms with Crippen molar-refractivity contribution in [2.24, 2.45) is 0 Å². The lowest BCUT2D eigenvalue weighted by Gasteiger charge is -1.96. The Kier molecular flexibility index (Phi) is 3.33. The van der Waals surface area contributed by atoms with Crippen LogP contribution in [0.2, 0.25) is 0 Å². The van der Waals surface area contributed by atoms with Crippen LogP contribution in [-0.4, -0.2) is 18.9 Å². The molecule has 15 heavy (non-hydrogen) atoms. The first-order valence-corrected chi connectivity index (χ1v) is 4.02. The molecule has 1 rings (SSSR count). The number of nitriles is 1. The van der Waals surface area contributed by atoms with Crippen molar-refractivity contribution in [1.29, 1.82) is 10.7 Å². The summed E-state index contributed by atoms with van der Waals surface area (Å²) in [5, 5.41) is 15.5. The highest BCUT2D eigenvalue weighted by Gasteiger charge is 2.11. The monoisotopic (exact) mass is 202 g/mol. The van der Waals surface area contributed by atoms with Gasteiger partial charge in [-0.05, 0) is 0 Å². The van der Waals surface area contributed by atoms with Crippen LogP contribution in [0.1, 0.15) is 10.4 Å². The SMILES string of the molecule is COC(=O)c1cc[n+](C(=C=N)C#N)cc1. The summed E-state index contributed by atoms with van der Waals surface area (Å²) >= 11 is 0. The zero-order valence-electron chi connectivity index (χ0n) is 8.02. The fourth-order valence-corrected chi connectivity index (χ4v) is 0.980. The highest BCUT2D eigenvalue weighted by atomic mass is 16.5. The number of pyridine rings is 1. The fraction of sp³-hybridized carbons (Fsp3) is 0.100. The predicted octanol–water partition coefficient (Wildman–Crippen LogP) is 0.374. The van der Waals surface area contributed by atoms with Gasteiger partial charge in [0.2, 0.25) is 0 Å². The highest BCUT2D eigenvalue weighted by molar-refractivity contribution is 5.89. The number of allylic oxidation sites excluding steroid dienone is 1. The molecule has 0 aliphatic rings. The van der Waals surface area contributed by atoms with Gasteiger partial charge in [0.05, 0.1) is 18.5 Å². The third-order valence-corrected chi connectivity index (χ3v) is 1.73. The van der Waals surface area contributed by atoms with Gasteiger partial charge in [0.15, 0.2) is 18.5 Å². The lowest BCUT2D eigenvalue weighted by Crippen LogP contribution is -2.31. The number of nitrogens with zero attached hydrogens (tertiary/aromatic N) is 2. The molecule has 5 nitrogen and oxygen atoms in total. The second-order valence-corrected chi connectivity index (χ2v) is 2.57. The van der Waals surface area contributed by atoms with Crippen LogP contribution in [0.4, 0.5) is 0 Å². The van der Waals surface area contributed by atoms with Gasteiger partial charge >= 0.3 is 11.7 Å². The van der Waals surface area contributed by atoms with Crippen LogP contribution in [0.5, 0.6) is 0 Å². The third-order valence-electron chi connectivity index (χ3n) is 1.73. The second kappa shape index (κ2) is 4.70. The van der Waals surface area contributed by atoms with E-state index in [1.54, 1.807) is 6.07 Å². The minimum absolute atomic E-state index is 0.0476. The minimum atomic E-state index is -0.445. The van der Waals surface area contributed by atoms with Crippen molar-refractivity contribution in [2.45, 2.75) is 0 Å². The number of esters is 1. The van der Waals surface area contributed by atoms with E-state index in [-0.39, 0.29) is 5.70 Å². The number of hydrogen-bond donors (Lipinski definition) is 1. The van der Waals surface area contributed by atoms with Crippen molar-refractivity contribution in [3.63, 3.8) is 0 Å². The first-order valence-electron chi connectivity index (χ1n) is 4.02. The van der Waals surface area contributed by atoms with E-state index in [2.05, 4.69) is 4.74 Å². The molecule has 1 aromatic heterocycles. The lowest BCUT2D eigenvalue weighted by molar-refractivity contribution is -0.576. The maximum absolute atomic E-state index is 11.1. The van der Waals surface area contributed by atoms with E-state index < -0.39 is 5.97 Å². The molecule has 5 heteroatoms. The fourth-order valence-electron chi connectivity index (χ4n) is 0.980.